The van der Waals surface area contributed by atoms with Crippen LogP contribution in [-0.4, -0.2) is 46.2 Å². The molecule has 0 bridgehead atoms. The summed E-state index contributed by atoms with van der Waals surface area (Å²) in [6.07, 6.45) is -4.57. The van der Waals surface area contributed by atoms with E-state index in [0.29, 0.717) is 6.92 Å². The lowest BCUT2D eigenvalue weighted by Gasteiger charge is -2.40. The molecule has 5 nitrogen and oxygen atoms in total. The Morgan fingerprint density at radius 3 is 2.26 bits per heavy atom. The lowest BCUT2D eigenvalue weighted by Crippen LogP contribution is -2.64. The molecule has 3 unspecified atom stereocenters. The molecule has 1 fully saturated rings. The van der Waals surface area contributed by atoms with Crippen LogP contribution in [0.5, 0.6) is 0 Å². The number of carboxylic acids is 1. The van der Waals surface area contributed by atoms with Crippen LogP contribution in [0.25, 0.3) is 0 Å². The second-order valence-corrected chi connectivity index (χ2v) is 5.11. The van der Waals surface area contributed by atoms with Gasteiger partial charge in [0.15, 0.2) is 5.54 Å². The third kappa shape index (κ3) is 2.99. The second kappa shape index (κ2) is 4.99. The third-order valence-electron chi connectivity index (χ3n) is 3.52. The highest BCUT2D eigenvalue weighted by atomic mass is 19.4. The van der Waals surface area contributed by atoms with Crippen LogP contribution in [0.4, 0.5) is 13.2 Å². The number of aliphatic carboxylic acids is 1. The minimum absolute atomic E-state index is 0.0279. The monoisotopic (exact) mass is 282 g/mol. The molecule has 8 heteroatoms. The van der Waals surface area contributed by atoms with Crippen LogP contribution in [0.15, 0.2) is 0 Å². The second-order valence-electron chi connectivity index (χ2n) is 5.11. The predicted molar refractivity (Wildman–Crippen MR) is 60.2 cm³/mol. The molecular weight excluding hydrogens is 265 g/mol. The van der Waals surface area contributed by atoms with Gasteiger partial charge in [0.05, 0.1) is 5.92 Å². The van der Waals surface area contributed by atoms with Crippen molar-refractivity contribution in [1.82, 2.24) is 4.90 Å². The average Bonchev–Trinajstić information content (AvgIpc) is 2.26. The summed E-state index contributed by atoms with van der Waals surface area (Å²) < 4.78 is 38.1. The molecule has 0 saturated carbocycles. The molecule has 19 heavy (non-hydrogen) atoms. The van der Waals surface area contributed by atoms with Gasteiger partial charge in [-0.2, -0.15) is 13.2 Å². The fourth-order valence-corrected chi connectivity index (χ4v) is 2.12. The Labute approximate surface area is 108 Å². The van der Waals surface area contributed by atoms with Gasteiger partial charge in [-0.15, -0.1) is 0 Å². The SMILES string of the molecule is CC1CC(C(=O)O)CCN1C(=O)C(C)(N)C(F)(F)F. The zero-order chi connectivity index (χ0) is 15.0. The van der Waals surface area contributed by atoms with E-state index in [9.17, 15) is 22.8 Å². The zero-order valence-electron chi connectivity index (χ0n) is 10.7. The number of hydrogen-bond acceptors (Lipinski definition) is 3. The number of nitrogens with two attached hydrogens (primary N) is 1. The number of alkyl halides is 3. The lowest BCUT2D eigenvalue weighted by atomic mass is 9.89. The van der Waals surface area contributed by atoms with Crippen molar-refractivity contribution < 1.29 is 27.9 Å². The van der Waals surface area contributed by atoms with Crippen LogP contribution in [0, 0.1) is 5.92 Å². The molecule has 0 aromatic rings. The van der Waals surface area contributed by atoms with Gasteiger partial charge >= 0.3 is 12.1 Å². The van der Waals surface area contributed by atoms with E-state index in [-0.39, 0.29) is 19.4 Å². The molecule has 110 valence electrons. The van der Waals surface area contributed by atoms with Crippen molar-refractivity contribution in [3.8, 4) is 0 Å². The van der Waals surface area contributed by atoms with Crippen LogP contribution in [-0.2, 0) is 9.59 Å². The Morgan fingerprint density at radius 2 is 1.89 bits per heavy atom. The van der Waals surface area contributed by atoms with E-state index in [1.54, 1.807) is 0 Å². The van der Waals surface area contributed by atoms with Crippen LogP contribution in [0.2, 0.25) is 0 Å². The largest absolute Gasteiger partial charge is 0.481 e. The molecule has 0 aromatic carbocycles. The molecule has 0 aliphatic carbocycles. The van der Waals surface area contributed by atoms with Crippen molar-refractivity contribution in [1.29, 1.82) is 0 Å². The minimum Gasteiger partial charge on any atom is -0.481 e. The summed E-state index contributed by atoms with van der Waals surface area (Å²) in [7, 11) is 0. The van der Waals surface area contributed by atoms with E-state index >= 15 is 0 Å². The Morgan fingerprint density at radius 1 is 1.37 bits per heavy atom. The number of carbonyl (C=O) groups excluding carboxylic acids is 1. The topological polar surface area (TPSA) is 83.6 Å². The van der Waals surface area contributed by atoms with Gasteiger partial charge in [-0.05, 0) is 26.7 Å². The van der Waals surface area contributed by atoms with E-state index in [4.69, 9.17) is 10.8 Å². The first-order chi connectivity index (χ1) is 8.48. The molecule has 3 N–H and O–H groups in total. The fourth-order valence-electron chi connectivity index (χ4n) is 2.12. The molecular formula is C11H17F3N2O3. The summed E-state index contributed by atoms with van der Waals surface area (Å²) in [6, 6.07) is -0.576. The van der Waals surface area contributed by atoms with Gasteiger partial charge < -0.3 is 15.7 Å². The van der Waals surface area contributed by atoms with Crippen LogP contribution >= 0.6 is 0 Å². The minimum atomic E-state index is -4.84. The Balaban J connectivity index is 2.83. The van der Waals surface area contributed by atoms with Gasteiger partial charge in [0.1, 0.15) is 0 Å². The first-order valence-electron chi connectivity index (χ1n) is 5.88. The molecule has 0 aromatic heterocycles. The number of amides is 1. The number of rotatable bonds is 2. The number of likely N-dealkylation sites (tertiary alicyclic amines) is 1. The van der Waals surface area contributed by atoms with Gasteiger partial charge in [0.25, 0.3) is 5.91 Å². The summed E-state index contributed by atoms with van der Waals surface area (Å²) >= 11 is 0. The van der Waals surface area contributed by atoms with Gasteiger partial charge in [-0.1, -0.05) is 0 Å². The van der Waals surface area contributed by atoms with Crippen molar-refractivity contribution >= 4 is 11.9 Å². The summed E-state index contributed by atoms with van der Waals surface area (Å²) in [4.78, 5) is 23.7. The number of piperidine rings is 1. The molecule has 1 aliphatic heterocycles. The Bertz CT molecular complexity index is 382. The first-order valence-corrected chi connectivity index (χ1v) is 5.88. The molecule has 3 atom stereocenters. The Kier molecular flexibility index (Phi) is 4.14. The molecule has 0 spiro atoms. The van der Waals surface area contributed by atoms with Gasteiger partial charge in [0, 0.05) is 12.6 Å². The van der Waals surface area contributed by atoms with E-state index in [1.807, 2.05) is 0 Å². The smallest absolute Gasteiger partial charge is 0.415 e. The molecule has 0 radical (unpaired) electrons. The lowest BCUT2D eigenvalue weighted by molar-refractivity contribution is -0.196. The maximum Gasteiger partial charge on any atom is 0.415 e. The van der Waals surface area contributed by atoms with Crippen molar-refractivity contribution in [2.24, 2.45) is 11.7 Å². The maximum atomic E-state index is 12.7. The number of hydrogen-bond donors (Lipinski definition) is 2. The van der Waals surface area contributed by atoms with E-state index in [2.05, 4.69) is 0 Å². The first kappa shape index (κ1) is 15.7. The quantitative estimate of drug-likeness (QED) is 0.790. The number of halogens is 3. The summed E-state index contributed by atoms with van der Waals surface area (Å²) in [6.45, 7) is 2.13. The fraction of sp³-hybridized carbons (Fsp3) is 0.818. The highest BCUT2D eigenvalue weighted by Crippen LogP contribution is 2.32. The average molecular weight is 282 g/mol. The van der Waals surface area contributed by atoms with Crippen molar-refractivity contribution in [2.45, 2.75) is 44.4 Å². The third-order valence-corrected chi connectivity index (χ3v) is 3.52. The maximum absolute atomic E-state index is 12.7. The zero-order valence-corrected chi connectivity index (χ0v) is 10.7. The van der Waals surface area contributed by atoms with E-state index < -0.39 is 35.6 Å². The molecule has 1 aliphatic rings. The van der Waals surface area contributed by atoms with E-state index in [0.717, 1.165) is 4.90 Å². The van der Waals surface area contributed by atoms with Gasteiger partial charge in [-0.3, -0.25) is 9.59 Å². The summed E-state index contributed by atoms with van der Waals surface area (Å²) in [5.41, 5.74) is 2.15. The standard InChI is InChI=1S/C11H17F3N2O3/c1-6-5-7(8(17)18)3-4-16(6)9(19)10(2,15)11(12,13)14/h6-7H,3-5,15H2,1-2H3,(H,17,18). The number of carbonyl (C=O) groups is 2. The van der Waals surface area contributed by atoms with Gasteiger partial charge in [-0.25, -0.2) is 0 Å². The highest BCUT2D eigenvalue weighted by Gasteiger charge is 2.56. The Hall–Kier alpha value is -1.31. The summed E-state index contributed by atoms with van der Waals surface area (Å²) in [5, 5.41) is 8.86. The highest BCUT2D eigenvalue weighted by molar-refractivity contribution is 5.87. The van der Waals surface area contributed by atoms with Gasteiger partial charge in [0.2, 0.25) is 0 Å². The molecule has 1 heterocycles. The molecule has 1 rings (SSSR count). The van der Waals surface area contributed by atoms with Crippen molar-refractivity contribution in [3.05, 3.63) is 0 Å². The normalized spacial score (nSPS) is 27.8. The molecule has 1 amide bonds. The van der Waals surface area contributed by atoms with Crippen LogP contribution in [0.3, 0.4) is 0 Å². The van der Waals surface area contributed by atoms with Crippen molar-refractivity contribution in [3.63, 3.8) is 0 Å². The predicted octanol–water partition coefficient (Wildman–Crippen LogP) is 0.978. The van der Waals surface area contributed by atoms with E-state index in [1.165, 1.54) is 6.92 Å². The van der Waals surface area contributed by atoms with Crippen LogP contribution < -0.4 is 5.73 Å². The molecule has 1 saturated heterocycles. The number of nitrogens with zero attached hydrogens (tertiary/aromatic N) is 1. The van der Waals surface area contributed by atoms with Crippen molar-refractivity contribution in [2.75, 3.05) is 6.54 Å². The number of carboxylic acid groups (broad SMARTS) is 1. The summed E-state index contributed by atoms with van der Waals surface area (Å²) in [5.74, 6) is -2.84. The van der Waals surface area contributed by atoms with Crippen LogP contribution in [0.1, 0.15) is 26.7 Å².